The topological polar surface area (TPSA) is 93.4 Å². The lowest BCUT2D eigenvalue weighted by molar-refractivity contribution is -0.124. The summed E-state index contributed by atoms with van der Waals surface area (Å²) in [5.41, 5.74) is 7.68. The summed E-state index contributed by atoms with van der Waals surface area (Å²) in [5, 5.41) is 5.97. The first kappa shape index (κ1) is 26.4. The Kier molecular flexibility index (Phi) is 10.9. The second-order valence-corrected chi connectivity index (χ2v) is 8.73. The van der Waals surface area contributed by atoms with Crippen molar-refractivity contribution in [1.82, 2.24) is 10.6 Å². The van der Waals surface area contributed by atoms with E-state index in [9.17, 15) is 9.59 Å². The number of rotatable bonds is 13. The highest BCUT2D eigenvalue weighted by Crippen LogP contribution is 2.21. The van der Waals surface area contributed by atoms with Crippen molar-refractivity contribution in [2.24, 2.45) is 11.7 Å². The minimum Gasteiger partial charge on any atom is -0.493 e. The Balaban J connectivity index is 2.11. The minimum absolute atomic E-state index is 0.103. The Bertz CT molecular complexity index is 855. The monoisotopic (exact) mass is 453 g/mol. The maximum absolute atomic E-state index is 13.0. The van der Waals surface area contributed by atoms with E-state index in [1.807, 2.05) is 68.4 Å². The summed E-state index contributed by atoms with van der Waals surface area (Å²) in [7, 11) is 0. The van der Waals surface area contributed by atoms with E-state index in [-0.39, 0.29) is 30.3 Å². The van der Waals surface area contributed by atoms with Crippen LogP contribution in [-0.4, -0.2) is 31.0 Å². The number of nitrogens with two attached hydrogens (primary N) is 1. The molecule has 0 fully saturated rings. The fraction of sp³-hybridized carbons (Fsp3) is 0.481. The Labute approximate surface area is 198 Å². The number of carbonyl (C=O) groups is 2. The molecule has 0 aromatic heterocycles. The van der Waals surface area contributed by atoms with Crippen LogP contribution in [0.25, 0.3) is 0 Å². The van der Waals surface area contributed by atoms with Crippen LogP contribution in [0.3, 0.4) is 0 Å². The van der Waals surface area contributed by atoms with Crippen molar-refractivity contribution in [2.75, 3.05) is 13.2 Å². The molecule has 33 heavy (non-hydrogen) atoms. The summed E-state index contributed by atoms with van der Waals surface area (Å²) >= 11 is 0. The van der Waals surface area contributed by atoms with Crippen molar-refractivity contribution in [1.29, 1.82) is 0 Å². The van der Waals surface area contributed by atoms with Gasteiger partial charge in [0.1, 0.15) is 5.75 Å². The van der Waals surface area contributed by atoms with Gasteiger partial charge in [0.15, 0.2) is 0 Å². The van der Waals surface area contributed by atoms with Gasteiger partial charge in [-0.1, -0.05) is 69.7 Å². The van der Waals surface area contributed by atoms with E-state index in [2.05, 4.69) is 24.5 Å². The molecule has 0 spiro atoms. The van der Waals surface area contributed by atoms with Crippen molar-refractivity contribution >= 4 is 11.8 Å². The van der Waals surface area contributed by atoms with Gasteiger partial charge in [-0.15, -0.1) is 0 Å². The van der Waals surface area contributed by atoms with E-state index in [0.717, 1.165) is 29.7 Å². The first-order valence-corrected chi connectivity index (χ1v) is 12.0. The molecule has 0 radical (unpaired) electrons. The highest BCUT2D eigenvalue weighted by molar-refractivity contribution is 5.84. The molecule has 4 N–H and O–H groups in total. The molecule has 0 saturated carbocycles. The van der Waals surface area contributed by atoms with E-state index >= 15 is 0 Å². The number of carbonyl (C=O) groups excluding carboxylic acids is 2. The van der Waals surface area contributed by atoms with Crippen LogP contribution in [0.1, 0.15) is 70.0 Å². The molecule has 2 amide bonds. The molecule has 2 aromatic carbocycles. The van der Waals surface area contributed by atoms with Crippen molar-refractivity contribution in [3.63, 3.8) is 0 Å². The summed E-state index contributed by atoms with van der Waals surface area (Å²) in [5.74, 6) is 0.650. The van der Waals surface area contributed by atoms with Crippen LogP contribution in [0.5, 0.6) is 5.75 Å². The van der Waals surface area contributed by atoms with E-state index < -0.39 is 6.04 Å². The summed E-state index contributed by atoms with van der Waals surface area (Å²) in [6.07, 6.45) is 2.82. The van der Waals surface area contributed by atoms with Gasteiger partial charge in [-0.2, -0.15) is 0 Å². The molecule has 2 rings (SSSR count). The van der Waals surface area contributed by atoms with Gasteiger partial charge < -0.3 is 21.1 Å². The second-order valence-electron chi connectivity index (χ2n) is 8.73. The van der Waals surface area contributed by atoms with Gasteiger partial charge in [0.25, 0.3) is 0 Å². The maximum atomic E-state index is 13.0. The smallest absolute Gasteiger partial charge is 0.236 e. The third kappa shape index (κ3) is 8.54. The Morgan fingerprint density at radius 1 is 0.939 bits per heavy atom. The molecule has 0 aliphatic heterocycles. The molecule has 6 nitrogen and oxygen atoms in total. The molecule has 0 aliphatic rings. The van der Waals surface area contributed by atoms with Crippen LogP contribution in [0.15, 0.2) is 54.6 Å². The van der Waals surface area contributed by atoms with Gasteiger partial charge in [0.05, 0.1) is 24.6 Å². The number of benzene rings is 2. The van der Waals surface area contributed by atoms with Crippen LogP contribution >= 0.6 is 0 Å². The molecule has 0 bridgehead atoms. The Morgan fingerprint density at radius 2 is 1.61 bits per heavy atom. The van der Waals surface area contributed by atoms with Gasteiger partial charge in [-0.3, -0.25) is 9.59 Å². The maximum Gasteiger partial charge on any atom is 0.236 e. The molecule has 180 valence electrons. The van der Waals surface area contributed by atoms with Crippen LogP contribution in [-0.2, 0) is 9.59 Å². The predicted molar refractivity (Wildman–Crippen MR) is 133 cm³/mol. The van der Waals surface area contributed by atoms with Gasteiger partial charge in [0, 0.05) is 6.54 Å². The Hall–Kier alpha value is -2.86. The zero-order valence-electron chi connectivity index (χ0n) is 20.3. The van der Waals surface area contributed by atoms with E-state index in [0.29, 0.717) is 18.9 Å². The van der Waals surface area contributed by atoms with E-state index in [1.54, 1.807) is 0 Å². The number of hydrogen-bond donors (Lipinski definition) is 3. The average Bonchev–Trinajstić information content (AvgIpc) is 2.85. The van der Waals surface area contributed by atoms with Gasteiger partial charge in [-0.05, 0) is 48.9 Å². The molecular weight excluding hydrogens is 414 g/mol. The minimum atomic E-state index is -0.564. The van der Waals surface area contributed by atoms with Crippen molar-refractivity contribution in [2.45, 2.75) is 65.0 Å². The van der Waals surface area contributed by atoms with Crippen LogP contribution in [0.4, 0.5) is 0 Å². The second kappa shape index (κ2) is 13.6. The Morgan fingerprint density at radius 3 is 2.21 bits per heavy atom. The normalized spacial score (nSPS) is 14.6. The lowest BCUT2D eigenvalue weighted by Gasteiger charge is -2.23. The first-order chi connectivity index (χ1) is 15.8. The number of ether oxygens (including phenoxy) is 1. The highest BCUT2D eigenvalue weighted by Gasteiger charge is 2.22. The summed E-state index contributed by atoms with van der Waals surface area (Å²) < 4.78 is 5.90. The number of nitrogens with one attached hydrogen (secondary N) is 2. The van der Waals surface area contributed by atoms with Crippen molar-refractivity contribution in [3.05, 3.63) is 65.7 Å². The highest BCUT2D eigenvalue weighted by atomic mass is 16.5. The molecule has 6 heteroatoms. The van der Waals surface area contributed by atoms with Crippen molar-refractivity contribution < 1.29 is 14.3 Å². The molecule has 0 aliphatic carbocycles. The quantitative estimate of drug-likeness (QED) is 0.421. The zero-order valence-corrected chi connectivity index (χ0v) is 20.3. The van der Waals surface area contributed by atoms with Gasteiger partial charge in [0.2, 0.25) is 11.8 Å². The lowest BCUT2D eigenvalue weighted by atomic mass is 9.99. The predicted octanol–water partition coefficient (Wildman–Crippen LogP) is 4.32. The standard InChI is InChI=1S/C27H39N3O3/c1-5-10-19(3)18-33-23-15-13-22(14-16-23)25(17-29-27(32)24(28)6-2)30-26(31)20(4)21-11-8-7-9-12-21/h7-9,11-16,19-20,24-25H,5-6,10,17-18,28H2,1-4H3,(H,29,32)(H,30,31). The van der Waals surface area contributed by atoms with Crippen LogP contribution in [0.2, 0.25) is 0 Å². The van der Waals surface area contributed by atoms with Gasteiger partial charge >= 0.3 is 0 Å². The molecular formula is C27H39N3O3. The fourth-order valence-corrected chi connectivity index (χ4v) is 3.57. The zero-order chi connectivity index (χ0) is 24.2. The summed E-state index contributed by atoms with van der Waals surface area (Å²) in [4.78, 5) is 25.2. The molecule has 2 aromatic rings. The molecule has 0 saturated heterocycles. The average molecular weight is 454 g/mol. The fourth-order valence-electron chi connectivity index (χ4n) is 3.57. The molecule has 4 atom stereocenters. The van der Waals surface area contributed by atoms with Gasteiger partial charge in [-0.25, -0.2) is 0 Å². The summed E-state index contributed by atoms with van der Waals surface area (Å²) in [6.45, 7) is 9.03. The van der Waals surface area contributed by atoms with Crippen LogP contribution in [0, 0.1) is 5.92 Å². The SMILES string of the molecule is CCCC(C)COc1ccc(C(CNC(=O)C(N)CC)NC(=O)C(C)c2ccccc2)cc1. The largest absolute Gasteiger partial charge is 0.493 e. The third-order valence-electron chi connectivity index (χ3n) is 5.86. The molecule has 0 heterocycles. The van der Waals surface area contributed by atoms with E-state index in [4.69, 9.17) is 10.5 Å². The molecule has 4 unspecified atom stereocenters. The van der Waals surface area contributed by atoms with Crippen LogP contribution < -0.4 is 21.1 Å². The first-order valence-electron chi connectivity index (χ1n) is 12.0. The number of amides is 2. The summed E-state index contributed by atoms with van der Waals surface area (Å²) in [6, 6.07) is 16.4. The number of hydrogen-bond acceptors (Lipinski definition) is 4. The van der Waals surface area contributed by atoms with Crippen molar-refractivity contribution in [3.8, 4) is 5.75 Å². The van der Waals surface area contributed by atoms with E-state index in [1.165, 1.54) is 0 Å². The lowest BCUT2D eigenvalue weighted by Crippen LogP contribution is -2.45. The third-order valence-corrected chi connectivity index (χ3v) is 5.86.